The van der Waals surface area contributed by atoms with Crippen molar-refractivity contribution in [2.45, 2.75) is 0 Å². The first-order chi connectivity index (χ1) is 10.7. The van der Waals surface area contributed by atoms with E-state index in [1.807, 2.05) is 54.6 Å². The number of carbonyl (C=O) groups is 1. The maximum absolute atomic E-state index is 12.2. The van der Waals surface area contributed by atoms with Crippen molar-refractivity contribution >= 4 is 34.2 Å². The third-order valence-corrected chi connectivity index (χ3v) is 3.77. The third-order valence-electron chi connectivity index (χ3n) is 3.05. The van der Waals surface area contributed by atoms with Crippen LogP contribution in [0.3, 0.4) is 0 Å². The van der Waals surface area contributed by atoms with E-state index in [1.165, 1.54) is 12.4 Å². The largest absolute Gasteiger partial charge is 0.322 e. The van der Waals surface area contributed by atoms with Crippen LogP contribution in [0, 0.1) is 3.57 Å². The lowest BCUT2D eigenvalue weighted by Gasteiger charge is -2.05. The van der Waals surface area contributed by atoms with Gasteiger partial charge in [0.15, 0.2) is 5.82 Å². The molecule has 5 heteroatoms. The van der Waals surface area contributed by atoms with E-state index in [4.69, 9.17) is 0 Å². The van der Waals surface area contributed by atoms with Gasteiger partial charge in [-0.15, -0.1) is 0 Å². The number of benzene rings is 2. The van der Waals surface area contributed by atoms with Crippen LogP contribution in [-0.2, 0) is 0 Å². The van der Waals surface area contributed by atoms with Crippen LogP contribution in [-0.4, -0.2) is 15.9 Å². The van der Waals surface area contributed by atoms with Gasteiger partial charge in [-0.3, -0.25) is 4.79 Å². The highest BCUT2D eigenvalue weighted by atomic mass is 127. The van der Waals surface area contributed by atoms with Gasteiger partial charge in [0.05, 0.1) is 5.56 Å². The van der Waals surface area contributed by atoms with E-state index >= 15 is 0 Å². The topological polar surface area (TPSA) is 54.9 Å². The van der Waals surface area contributed by atoms with E-state index in [1.54, 1.807) is 0 Å². The molecule has 0 fully saturated rings. The first-order valence-corrected chi connectivity index (χ1v) is 7.74. The van der Waals surface area contributed by atoms with Crippen molar-refractivity contribution in [3.05, 3.63) is 76.1 Å². The number of halogens is 1. The molecule has 108 valence electrons. The molecule has 0 aliphatic carbocycles. The molecule has 22 heavy (non-hydrogen) atoms. The summed E-state index contributed by atoms with van der Waals surface area (Å²) in [6, 6.07) is 17.2. The summed E-state index contributed by atoms with van der Waals surface area (Å²) in [6.45, 7) is 0. The molecule has 1 heterocycles. The number of nitrogens with zero attached hydrogens (tertiary/aromatic N) is 2. The Kier molecular flexibility index (Phi) is 4.43. The zero-order chi connectivity index (χ0) is 15.4. The summed E-state index contributed by atoms with van der Waals surface area (Å²) >= 11 is 2.22. The minimum atomic E-state index is -0.221. The fourth-order valence-corrected chi connectivity index (χ4v) is 2.28. The molecule has 3 aromatic rings. The number of carbonyl (C=O) groups excluding carboxylic acids is 1. The summed E-state index contributed by atoms with van der Waals surface area (Å²) in [5.41, 5.74) is 2.10. The van der Waals surface area contributed by atoms with Gasteiger partial charge in [-0.05, 0) is 46.9 Å². The zero-order valence-electron chi connectivity index (χ0n) is 11.5. The number of rotatable bonds is 3. The molecule has 0 atom stereocenters. The quantitative estimate of drug-likeness (QED) is 0.676. The second-order valence-electron chi connectivity index (χ2n) is 4.62. The van der Waals surface area contributed by atoms with Crippen LogP contribution in [0.5, 0.6) is 0 Å². The minimum Gasteiger partial charge on any atom is -0.322 e. The predicted octanol–water partition coefficient (Wildman–Crippen LogP) is 4.00. The molecular weight excluding hydrogens is 389 g/mol. The molecule has 0 aliphatic rings. The Morgan fingerprint density at radius 3 is 2.18 bits per heavy atom. The molecule has 0 spiro atoms. The van der Waals surface area contributed by atoms with Crippen molar-refractivity contribution in [1.29, 1.82) is 0 Å². The lowest BCUT2D eigenvalue weighted by atomic mass is 10.2. The number of nitrogens with one attached hydrogen (secondary N) is 1. The van der Waals surface area contributed by atoms with Gasteiger partial charge in [0.25, 0.3) is 5.91 Å². The Balaban J connectivity index is 1.75. The average molecular weight is 401 g/mol. The van der Waals surface area contributed by atoms with E-state index in [2.05, 4.69) is 37.9 Å². The minimum absolute atomic E-state index is 0.221. The second kappa shape index (κ2) is 6.65. The molecule has 3 rings (SSSR count). The van der Waals surface area contributed by atoms with Crippen molar-refractivity contribution in [3.63, 3.8) is 0 Å². The van der Waals surface area contributed by atoms with Crippen molar-refractivity contribution in [2.75, 3.05) is 5.32 Å². The van der Waals surface area contributed by atoms with Crippen molar-refractivity contribution in [2.24, 2.45) is 0 Å². The molecule has 0 saturated carbocycles. The average Bonchev–Trinajstić information content (AvgIpc) is 2.58. The van der Waals surface area contributed by atoms with Crippen LogP contribution < -0.4 is 5.32 Å². The SMILES string of the molecule is O=C(Nc1ccc(I)cc1)c1cnc(-c2ccccc2)nc1. The van der Waals surface area contributed by atoms with Crippen molar-refractivity contribution < 1.29 is 4.79 Å². The summed E-state index contributed by atoms with van der Waals surface area (Å²) in [6.07, 6.45) is 3.08. The molecule has 1 amide bonds. The highest BCUT2D eigenvalue weighted by Gasteiger charge is 2.08. The maximum Gasteiger partial charge on any atom is 0.258 e. The summed E-state index contributed by atoms with van der Waals surface area (Å²) in [7, 11) is 0. The van der Waals surface area contributed by atoms with Gasteiger partial charge in [0.2, 0.25) is 0 Å². The Morgan fingerprint density at radius 1 is 0.909 bits per heavy atom. The van der Waals surface area contributed by atoms with Gasteiger partial charge >= 0.3 is 0 Å². The lowest BCUT2D eigenvalue weighted by molar-refractivity contribution is 0.102. The zero-order valence-corrected chi connectivity index (χ0v) is 13.7. The van der Waals surface area contributed by atoms with Gasteiger partial charge in [0, 0.05) is 27.2 Å². The van der Waals surface area contributed by atoms with Crippen LogP contribution in [0.15, 0.2) is 67.0 Å². The molecular formula is C17H12IN3O. The van der Waals surface area contributed by atoms with Gasteiger partial charge in [-0.25, -0.2) is 9.97 Å². The van der Waals surface area contributed by atoms with Crippen molar-refractivity contribution in [3.8, 4) is 11.4 Å². The molecule has 0 unspecified atom stereocenters. The Morgan fingerprint density at radius 2 is 1.55 bits per heavy atom. The molecule has 0 aliphatic heterocycles. The van der Waals surface area contributed by atoms with E-state index in [0.717, 1.165) is 14.8 Å². The Hall–Kier alpha value is -2.28. The van der Waals surface area contributed by atoms with E-state index in [0.29, 0.717) is 11.4 Å². The summed E-state index contributed by atoms with van der Waals surface area (Å²) in [5.74, 6) is 0.382. The molecule has 0 radical (unpaired) electrons. The first kappa shape index (κ1) is 14.6. The summed E-state index contributed by atoms with van der Waals surface area (Å²) < 4.78 is 1.12. The summed E-state index contributed by atoms with van der Waals surface area (Å²) in [5, 5.41) is 2.82. The number of amides is 1. The monoisotopic (exact) mass is 401 g/mol. The van der Waals surface area contributed by atoms with Crippen LogP contribution >= 0.6 is 22.6 Å². The normalized spacial score (nSPS) is 10.2. The van der Waals surface area contributed by atoms with Crippen molar-refractivity contribution in [1.82, 2.24) is 9.97 Å². The number of hydrogen-bond acceptors (Lipinski definition) is 3. The highest BCUT2D eigenvalue weighted by molar-refractivity contribution is 14.1. The maximum atomic E-state index is 12.2. The molecule has 0 bridgehead atoms. The molecule has 1 aromatic heterocycles. The van der Waals surface area contributed by atoms with Crippen LogP contribution in [0.1, 0.15) is 10.4 Å². The first-order valence-electron chi connectivity index (χ1n) is 6.67. The third kappa shape index (κ3) is 3.48. The lowest BCUT2D eigenvalue weighted by Crippen LogP contribution is -2.12. The molecule has 0 saturated heterocycles. The fraction of sp³-hybridized carbons (Fsp3) is 0. The van der Waals surface area contributed by atoms with Gasteiger partial charge in [-0.2, -0.15) is 0 Å². The van der Waals surface area contributed by atoms with E-state index in [9.17, 15) is 4.79 Å². The molecule has 1 N–H and O–H groups in total. The van der Waals surface area contributed by atoms with Crippen LogP contribution in [0.2, 0.25) is 0 Å². The molecule has 4 nitrogen and oxygen atoms in total. The van der Waals surface area contributed by atoms with Gasteiger partial charge < -0.3 is 5.32 Å². The van der Waals surface area contributed by atoms with E-state index in [-0.39, 0.29) is 5.91 Å². The Bertz CT molecular complexity index is 771. The number of anilines is 1. The highest BCUT2D eigenvalue weighted by Crippen LogP contribution is 2.15. The summed E-state index contributed by atoms with van der Waals surface area (Å²) in [4.78, 5) is 20.7. The fourth-order valence-electron chi connectivity index (χ4n) is 1.92. The van der Waals surface area contributed by atoms with Crippen LogP contribution in [0.25, 0.3) is 11.4 Å². The second-order valence-corrected chi connectivity index (χ2v) is 5.87. The number of hydrogen-bond donors (Lipinski definition) is 1. The van der Waals surface area contributed by atoms with E-state index < -0.39 is 0 Å². The Labute approximate surface area is 141 Å². The molecule has 2 aromatic carbocycles. The number of aromatic nitrogens is 2. The van der Waals surface area contributed by atoms with Crippen LogP contribution in [0.4, 0.5) is 5.69 Å². The predicted molar refractivity (Wildman–Crippen MR) is 94.6 cm³/mol. The smallest absolute Gasteiger partial charge is 0.258 e. The van der Waals surface area contributed by atoms with Gasteiger partial charge in [0.1, 0.15) is 0 Å². The standard InChI is InChI=1S/C17H12IN3O/c18-14-6-8-15(9-7-14)21-17(22)13-10-19-16(20-11-13)12-4-2-1-3-5-12/h1-11H,(H,21,22). The van der Waals surface area contributed by atoms with Gasteiger partial charge in [-0.1, -0.05) is 30.3 Å².